The van der Waals surface area contributed by atoms with E-state index in [1.165, 1.54) is 0 Å². The van der Waals surface area contributed by atoms with Gasteiger partial charge in [-0.15, -0.1) is 0 Å². The Labute approximate surface area is 203 Å². The monoisotopic (exact) mass is 484 g/mol. The zero-order valence-corrected chi connectivity index (χ0v) is 19.7. The topological polar surface area (TPSA) is 88.3 Å². The van der Waals surface area contributed by atoms with Crippen LogP contribution in [-0.2, 0) is 32.6 Å². The van der Waals surface area contributed by atoms with E-state index in [4.69, 9.17) is 4.74 Å². The average Bonchev–Trinajstić information content (AvgIpc) is 3.30. The third-order valence-electron chi connectivity index (χ3n) is 5.94. The van der Waals surface area contributed by atoms with Crippen LogP contribution in [0.1, 0.15) is 11.1 Å². The van der Waals surface area contributed by atoms with Gasteiger partial charge in [-0.05, 0) is 40.1 Å². The molecule has 0 saturated heterocycles. The van der Waals surface area contributed by atoms with E-state index < -0.39 is 22.0 Å². The van der Waals surface area contributed by atoms with E-state index in [1.807, 2.05) is 78.9 Å². The summed E-state index contributed by atoms with van der Waals surface area (Å²) >= 11 is 0. The van der Waals surface area contributed by atoms with Crippen molar-refractivity contribution in [2.24, 2.45) is 0 Å². The molecular formula is C28H24N2O4S. The van der Waals surface area contributed by atoms with Gasteiger partial charge < -0.3 is 9.72 Å². The number of aromatic nitrogens is 1. The molecule has 5 rings (SSSR count). The van der Waals surface area contributed by atoms with Crippen LogP contribution >= 0.6 is 0 Å². The van der Waals surface area contributed by atoms with E-state index in [1.54, 1.807) is 24.4 Å². The lowest BCUT2D eigenvalue weighted by Gasteiger charge is -2.18. The summed E-state index contributed by atoms with van der Waals surface area (Å²) in [5.41, 5.74) is 2.56. The minimum absolute atomic E-state index is 0.0573. The first-order valence-electron chi connectivity index (χ1n) is 11.3. The number of para-hydroxylation sites is 1. The van der Waals surface area contributed by atoms with E-state index in [0.717, 1.165) is 32.8 Å². The Morgan fingerprint density at radius 1 is 0.857 bits per heavy atom. The van der Waals surface area contributed by atoms with Crippen LogP contribution in [0.5, 0.6) is 0 Å². The molecule has 0 unspecified atom stereocenters. The van der Waals surface area contributed by atoms with Gasteiger partial charge in [-0.2, -0.15) is 4.72 Å². The molecule has 1 atom stereocenters. The van der Waals surface area contributed by atoms with Gasteiger partial charge in [0.2, 0.25) is 10.0 Å². The normalized spacial score (nSPS) is 12.6. The van der Waals surface area contributed by atoms with Crippen molar-refractivity contribution in [3.8, 4) is 0 Å². The van der Waals surface area contributed by atoms with Crippen LogP contribution < -0.4 is 4.72 Å². The number of carbonyl (C=O) groups is 1. The molecule has 5 aromatic rings. The fourth-order valence-corrected chi connectivity index (χ4v) is 5.33. The number of H-pyrrole nitrogens is 1. The zero-order chi connectivity index (χ0) is 24.3. The second kappa shape index (κ2) is 9.74. The van der Waals surface area contributed by atoms with Gasteiger partial charge in [0.25, 0.3) is 0 Å². The van der Waals surface area contributed by atoms with Gasteiger partial charge in [-0.1, -0.05) is 78.9 Å². The molecule has 0 radical (unpaired) electrons. The van der Waals surface area contributed by atoms with Crippen molar-refractivity contribution < 1.29 is 17.9 Å². The van der Waals surface area contributed by atoms with Crippen molar-refractivity contribution in [2.75, 3.05) is 0 Å². The van der Waals surface area contributed by atoms with Gasteiger partial charge in [0.05, 0.1) is 4.90 Å². The van der Waals surface area contributed by atoms with Crippen molar-refractivity contribution in [1.82, 2.24) is 9.71 Å². The standard InChI is InChI=1S/C28H24N2O4S/c31-28(34-19-20-8-2-1-3-9-20)27(17-23-18-29-26-13-7-6-12-25(23)26)30-35(32,33)24-15-14-21-10-4-5-11-22(21)16-24/h1-16,18,27,29-30H,17,19H2/t27-/m1/s1. The molecule has 0 spiro atoms. The number of sulfonamides is 1. The Hall–Kier alpha value is -3.94. The van der Waals surface area contributed by atoms with Gasteiger partial charge in [0.1, 0.15) is 12.6 Å². The number of carbonyl (C=O) groups excluding carboxylic acids is 1. The van der Waals surface area contributed by atoms with E-state index in [0.29, 0.717) is 0 Å². The highest BCUT2D eigenvalue weighted by Gasteiger charge is 2.28. The van der Waals surface area contributed by atoms with Crippen LogP contribution in [0.2, 0.25) is 0 Å². The second-order valence-electron chi connectivity index (χ2n) is 8.34. The number of fused-ring (bicyclic) bond motifs is 2. The molecule has 0 amide bonds. The van der Waals surface area contributed by atoms with Crippen LogP contribution in [0.3, 0.4) is 0 Å². The lowest BCUT2D eigenvalue weighted by Crippen LogP contribution is -2.43. The van der Waals surface area contributed by atoms with Crippen molar-refractivity contribution in [3.05, 3.63) is 114 Å². The van der Waals surface area contributed by atoms with Gasteiger partial charge in [0, 0.05) is 23.5 Å². The number of aromatic amines is 1. The minimum Gasteiger partial charge on any atom is -0.460 e. The largest absolute Gasteiger partial charge is 0.460 e. The fourth-order valence-electron chi connectivity index (χ4n) is 4.11. The summed E-state index contributed by atoms with van der Waals surface area (Å²) in [6.07, 6.45) is 1.94. The van der Waals surface area contributed by atoms with Gasteiger partial charge >= 0.3 is 5.97 Å². The van der Waals surface area contributed by atoms with Crippen molar-refractivity contribution in [3.63, 3.8) is 0 Å². The summed E-state index contributed by atoms with van der Waals surface area (Å²) in [5, 5.41) is 2.66. The van der Waals surface area contributed by atoms with Gasteiger partial charge in [0.15, 0.2) is 0 Å². The lowest BCUT2D eigenvalue weighted by molar-refractivity contribution is -0.147. The van der Waals surface area contributed by atoms with Gasteiger partial charge in [-0.25, -0.2) is 8.42 Å². The van der Waals surface area contributed by atoms with Crippen LogP contribution in [0, 0.1) is 0 Å². The molecular weight excluding hydrogens is 460 g/mol. The number of hydrogen-bond acceptors (Lipinski definition) is 4. The summed E-state index contributed by atoms with van der Waals surface area (Å²) in [6.45, 7) is 0.0573. The Bertz CT molecular complexity index is 1590. The van der Waals surface area contributed by atoms with Crippen molar-refractivity contribution >= 4 is 37.7 Å². The van der Waals surface area contributed by atoms with Crippen LogP contribution in [0.15, 0.2) is 108 Å². The molecule has 2 N–H and O–H groups in total. The number of ether oxygens (including phenoxy) is 1. The summed E-state index contributed by atoms with van der Waals surface area (Å²) < 4.78 is 34.8. The third-order valence-corrected chi connectivity index (χ3v) is 7.41. The minimum atomic E-state index is -4.00. The highest BCUT2D eigenvalue weighted by atomic mass is 32.2. The summed E-state index contributed by atoms with van der Waals surface area (Å²) in [7, 11) is -4.00. The first kappa shape index (κ1) is 22.8. The quantitative estimate of drug-likeness (QED) is 0.305. The first-order valence-corrected chi connectivity index (χ1v) is 12.7. The van der Waals surface area contributed by atoms with Crippen LogP contribution in [0.4, 0.5) is 0 Å². The number of hydrogen-bond donors (Lipinski definition) is 2. The zero-order valence-electron chi connectivity index (χ0n) is 18.8. The predicted molar refractivity (Wildman–Crippen MR) is 136 cm³/mol. The maximum absolute atomic E-state index is 13.3. The molecule has 6 nitrogen and oxygen atoms in total. The predicted octanol–water partition coefficient (Wildman–Crippen LogP) is 4.95. The molecule has 35 heavy (non-hydrogen) atoms. The molecule has 1 aromatic heterocycles. The molecule has 4 aromatic carbocycles. The number of esters is 1. The second-order valence-corrected chi connectivity index (χ2v) is 10.1. The first-order chi connectivity index (χ1) is 17.0. The van der Waals surface area contributed by atoms with E-state index >= 15 is 0 Å². The van der Waals surface area contributed by atoms with Crippen LogP contribution in [-0.4, -0.2) is 25.4 Å². The third kappa shape index (κ3) is 5.11. The molecule has 0 bridgehead atoms. The Balaban J connectivity index is 1.43. The van der Waals surface area contributed by atoms with Crippen molar-refractivity contribution in [1.29, 1.82) is 0 Å². The molecule has 0 aliphatic carbocycles. The SMILES string of the molecule is O=C(OCc1ccccc1)[C@@H](Cc1c[nH]c2ccccc12)NS(=O)(=O)c1ccc2ccccc2c1. The maximum atomic E-state index is 13.3. The number of rotatable bonds is 8. The molecule has 1 heterocycles. The molecule has 176 valence electrons. The molecule has 0 aliphatic heterocycles. The molecule has 0 fully saturated rings. The smallest absolute Gasteiger partial charge is 0.324 e. The highest BCUT2D eigenvalue weighted by molar-refractivity contribution is 7.89. The maximum Gasteiger partial charge on any atom is 0.324 e. The molecule has 0 saturated carbocycles. The Morgan fingerprint density at radius 2 is 1.57 bits per heavy atom. The van der Waals surface area contributed by atoms with Crippen LogP contribution in [0.25, 0.3) is 21.7 Å². The Morgan fingerprint density at radius 3 is 2.40 bits per heavy atom. The molecule has 7 heteroatoms. The summed E-state index contributed by atoms with van der Waals surface area (Å²) in [4.78, 5) is 16.4. The van der Waals surface area contributed by atoms with Crippen molar-refractivity contribution in [2.45, 2.75) is 24.0 Å². The number of benzene rings is 4. The van der Waals surface area contributed by atoms with E-state index in [2.05, 4.69) is 9.71 Å². The number of nitrogens with one attached hydrogen (secondary N) is 2. The summed E-state index contributed by atoms with van der Waals surface area (Å²) in [5.74, 6) is -0.636. The average molecular weight is 485 g/mol. The van der Waals surface area contributed by atoms with E-state index in [-0.39, 0.29) is 17.9 Å². The summed E-state index contributed by atoms with van der Waals surface area (Å²) in [6, 6.07) is 28.3. The highest BCUT2D eigenvalue weighted by Crippen LogP contribution is 2.22. The molecule has 0 aliphatic rings. The van der Waals surface area contributed by atoms with E-state index in [9.17, 15) is 13.2 Å². The Kier molecular flexibility index (Phi) is 6.35. The van der Waals surface area contributed by atoms with Gasteiger partial charge in [-0.3, -0.25) is 4.79 Å². The fraction of sp³-hybridized carbons (Fsp3) is 0.107. The lowest BCUT2D eigenvalue weighted by atomic mass is 10.1.